The van der Waals surface area contributed by atoms with E-state index in [0.717, 1.165) is 22.6 Å². The number of amides is 2. The van der Waals surface area contributed by atoms with Gasteiger partial charge >= 0.3 is 0 Å². The van der Waals surface area contributed by atoms with Gasteiger partial charge in [0.05, 0.1) is 6.54 Å². The number of benzene rings is 1. The molecule has 2 aromatic rings. The Bertz CT molecular complexity index is 884. The normalized spacial score (nSPS) is 11.7. The Kier molecular flexibility index (Phi) is 6.49. The summed E-state index contributed by atoms with van der Waals surface area (Å²) in [5, 5.41) is 2.86. The topological polar surface area (TPSA) is 54.3 Å². The van der Waals surface area contributed by atoms with E-state index in [9.17, 15) is 9.59 Å². The van der Waals surface area contributed by atoms with Gasteiger partial charge in [0.2, 0.25) is 11.8 Å². The summed E-state index contributed by atoms with van der Waals surface area (Å²) < 4.78 is 2.17. The molecule has 0 aliphatic heterocycles. The van der Waals surface area contributed by atoms with Gasteiger partial charge in [-0.1, -0.05) is 17.7 Å². The number of nitrogens with one attached hydrogen (secondary N) is 1. The Morgan fingerprint density at radius 2 is 1.71 bits per heavy atom. The molecule has 5 nitrogen and oxygen atoms in total. The van der Waals surface area contributed by atoms with Crippen LogP contribution in [0.3, 0.4) is 0 Å². The van der Waals surface area contributed by atoms with Gasteiger partial charge in [-0.05, 0) is 71.4 Å². The van der Waals surface area contributed by atoms with Crippen molar-refractivity contribution >= 4 is 17.9 Å². The molecule has 2 amide bonds. The van der Waals surface area contributed by atoms with E-state index >= 15 is 0 Å². The molecule has 28 heavy (non-hydrogen) atoms. The molecule has 1 aromatic carbocycles. The number of likely N-dealkylation sites (N-methyl/N-ethyl adjacent to an activating group) is 1. The molecule has 0 aliphatic rings. The summed E-state index contributed by atoms with van der Waals surface area (Å²) >= 11 is 0. The molecular formula is C23H31N3O2. The smallest absolute Gasteiger partial charge is 0.246 e. The van der Waals surface area contributed by atoms with Crippen molar-refractivity contribution in [2.45, 2.75) is 47.1 Å². The molecule has 0 saturated heterocycles. The Hall–Kier alpha value is -2.82. The third-order valence-electron chi connectivity index (χ3n) is 4.44. The zero-order valence-electron chi connectivity index (χ0n) is 18.0. The van der Waals surface area contributed by atoms with Gasteiger partial charge in [0, 0.05) is 35.7 Å². The maximum absolute atomic E-state index is 12.4. The van der Waals surface area contributed by atoms with E-state index in [1.54, 1.807) is 7.05 Å². The molecule has 1 N–H and O–H groups in total. The van der Waals surface area contributed by atoms with Crippen LogP contribution in [0.25, 0.3) is 11.8 Å². The third-order valence-corrected chi connectivity index (χ3v) is 4.44. The third kappa shape index (κ3) is 5.59. The molecule has 0 atom stereocenters. The Labute approximate surface area is 168 Å². The van der Waals surface area contributed by atoms with Crippen LogP contribution in [-0.2, 0) is 9.59 Å². The maximum atomic E-state index is 12.4. The summed E-state index contributed by atoms with van der Waals surface area (Å²) in [6, 6.07) is 10.4. The lowest BCUT2D eigenvalue weighted by Gasteiger charge is -2.22. The highest BCUT2D eigenvalue weighted by atomic mass is 16.2. The number of rotatable bonds is 5. The first-order valence-corrected chi connectivity index (χ1v) is 9.48. The summed E-state index contributed by atoms with van der Waals surface area (Å²) in [6.07, 6.45) is 3.33. The van der Waals surface area contributed by atoms with Crippen molar-refractivity contribution in [2.24, 2.45) is 0 Å². The molecule has 0 saturated carbocycles. The quantitative estimate of drug-likeness (QED) is 0.801. The van der Waals surface area contributed by atoms with Gasteiger partial charge in [-0.25, -0.2) is 0 Å². The molecule has 5 heteroatoms. The number of hydrogen-bond acceptors (Lipinski definition) is 2. The van der Waals surface area contributed by atoms with Crippen LogP contribution in [0.4, 0.5) is 0 Å². The van der Waals surface area contributed by atoms with Gasteiger partial charge in [0.15, 0.2) is 0 Å². The summed E-state index contributed by atoms with van der Waals surface area (Å²) in [4.78, 5) is 25.8. The summed E-state index contributed by atoms with van der Waals surface area (Å²) in [5.41, 5.74) is 5.16. The lowest BCUT2D eigenvalue weighted by Crippen LogP contribution is -2.46. The number of aryl methyl sites for hydroxylation is 2. The average Bonchev–Trinajstić information content (AvgIpc) is 2.85. The van der Waals surface area contributed by atoms with Crippen molar-refractivity contribution in [2.75, 3.05) is 13.6 Å². The molecule has 0 fully saturated rings. The van der Waals surface area contributed by atoms with Crippen molar-refractivity contribution in [1.29, 1.82) is 0 Å². The number of hydrogen-bond donors (Lipinski definition) is 1. The number of aromatic nitrogens is 1. The Morgan fingerprint density at radius 1 is 1.11 bits per heavy atom. The van der Waals surface area contributed by atoms with Crippen LogP contribution in [0.5, 0.6) is 0 Å². The Morgan fingerprint density at radius 3 is 2.29 bits per heavy atom. The second-order valence-electron chi connectivity index (χ2n) is 8.32. The van der Waals surface area contributed by atoms with Crippen molar-refractivity contribution in [3.8, 4) is 5.69 Å². The largest absolute Gasteiger partial charge is 0.350 e. The second-order valence-corrected chi connectivity index (χ2v) is 8.32. The van der Waals surface area contributed by atoms with Crippen molar-refractivity contribution in [3.63, 3.8) is 0 Å². The lowest BCUT2D eigenvalue weighted by molar-refractivity contribution is -0.131. The molecule has 150 valence electrons. The van der Waals surface area contributed by atoms with E-state index in [0.29, 0.717) is 0 Å². The van der Waals surface area contributed by atoms with Gasteiger partial charge in [0.1, 0.15) is 0 Å². The van der Waals surface area contributed by atoms with Gasteiger partial charge in [-0.2, -0.15) is 0 Å². The minimum Gasteiger partial charge on any atom is -0.350 e. The molecule has 0 bridgehead atoms. The van der Waals surface area contributed by atoms with Crippen molar-refractivity contribution in [1.82, 2.24) is 14.8 Å². The lowest BCUT2D eigenvalue weighted by atomic mass is 10.1. The number of carbonyl (C=O) groups is 2. The van der Waals surface area contributed by atoms with Gasteiger partial charge in [-0.3, -0.25) is 9.59 Å². The Balaban J connectivity index is 2.11. The van der Waals surface area contributed by atoms with Crippen molar-refractivity contribution in [3.05, 3.63) is 58.9 Å². The fourth-order valence-electron chi connectivity index (χ4n) is 3.09. The predicted octanol–water partition coefficient (Wildman–Crippen LogP) is 3.79. The van der Waals surface area contributed by atoms with Crippen LogP contribution in [-0.4, -0.2) is 40.4 Å². The first-order chi connectivity index (χ1) is 13.0. The number of carbonyl (C=O) groups excluding carboxylic acids is 2. The van der Waals surface area contributed by atoms with Crippen LogP contribution in [0.2, 0.25) is 0 Å². The van der Waals surface area contributed by atoms with E-state index in [1.807, 2.05) is 33.8 Å². The zero-order valence-corrected chi connectivity index (χ0v) is 18.0. The van der Waals surface area contributed by atoms with Crippen LogP contribution >= 0.6 is 0 Å². The highest BCUT2D eigenvalue weighted by Crippen LogP contribution is 2.22. The second kappa shape index (κ2) is 8.46. The van der Waals surface area contributed by atoms with E-state index in [2.05, 4.69) is 54.1 Å². The summed E-state index contributed by atoms with van der Waals surface area (Å²) in [7, 11) is 1.63. The monoisotopic (exact) mass is 381 g/mol. The van der Waals surface area contributed by atoms with E-state index < -0.39 is 0 Å². The molecule has 1 heterocycles. The van der Waals surface area contributed by atoms with E-state index in [-0.39, 0.29) is 23.9 Å². The first-order valence-electron chi connectivity index (χ1n) is 9.48. The minimum atomic E-state index is -0.315. The minimum absolute atomic E-state index is 0.0306. The molecule has 0 spiro atoms. The molecule has 0 radical (unpaired) electrons. The SMILES string of the molecule is Cc1ccc(-n2c(C)cc(C=CC(=O)N(C)CC(=O)NC(C)(C)C)c2C)cc1. The highest BCUT2D eigenvalue weighted by Gasteiger charge is 2.17. The van der Waals surface area contributed by atoms with E-state index in [4.69, 9.17) is 0 Å². The van der Waals surface area contributed by atoms with Crippen LogP contribution < -0.4 is 5.32 Å². The van der Waals surface area contributed by atoms with Crippen LogP contribution in [0.1, 0.15) is 43.3 Å². The van der Waals surface area contributed by atoms with Gasteiger partial charge in [-0.15, -0.1) is 0 Å². The van der Waals surface area contributed by atoms with Crippen LogP contribution in [0.15, 0.2) is 36.4 Å². The molecular weight excluding hydrogens is 350 g/mol. The highest BCUT2D eigenvalue weighted by molar-refractivity contribution is 5.94. The predicted molar refractivity (Wildman–Crippen MR) is 115 cm³/mol. The van der Waals surface area contributed by atoms with E-state index in [1.165, 1.54) is 16.5 Å². The maximum Gasteiger partial charge on any atom is 0.246 e. The molecule has 0 aliphatic carbocycles. The summed E-state index contributed by atoms with van der Waals surface area (Å²) in [5.74, 6) is -0.376. The molecule has 2 rings (SSSR count). The zero-order chi connectivity index (χ0) is 21.1. The van der Waals surface area contributed by atoms with Crippen LogP contribution in [0, 0.1) is 20.8 Å². The fourth-order valence-corrected chi connectivity index (χ4v) is 3.09. The standard InChI is InChI=1S/C23H31N3O2/c1-16-8-11-20(12-9-16)26-17(2)14-19(18(26)3)10-13-22(28)25(7)15-21(27)24-23(4,5)6/h8-14H,15H2,1-7H3,(H,24,27). The molecule has 1 aromatic heterocycles. The average molecular weight is 382 g/mol. The van der Waals surface area contributed by atoms with Gasteiger partial charge < -0.3 is 14.8 Å². The first kappa shape index (κ1) is 21.5. The molecule has 0 unspecified atom stereocenters. The fraction of sp³-hybridized carbons (Fsp3) is 0.391. The number of nitrogens with zero attached hydrogens (tertiary/aromatic N) is 2. The summed E-state index contributed by atoms with van der Waals surface area (Å²) in [6.45, 7) is 11.9. The van der Waals surface area contributed by atoms with Crippen molar-refractivity contribution < 1.29 is 9.59 Å². The van der Waals surface area contributed by atoms with Gasteiger partial charge in [0.25, 0.3) is 0 Å².